The second kappa shape index (κ2) is 1.52. The fourth-order valence-corrected chi connectivity index (χ4v) is 0. The normalized spacial score (nSPS) is 16.4. The highest BCUT2D eigenvalue weighted by Crippen LogP contribution is 1.48. The van der Waals surface area contributed by atoms with Gasteiger partial charge in [-0.15, -0.1) is 0 Å². The summed E-state index contributed by atoms with van der Waals surface area (Å²) in [6.07, 6.45) is 0. The van der Waals surface area contributed by atoms with Gasteiger partial charge in [0.25, 0.3) is 0 Å². The molecule has 2 N–H and O–H groups in total. The molecular formula is C3H5NO. The van der Waals surface area contributed by atoms with Gasteiger partial charge in [-0.25, -0.2) is 0 Å². The van der Waals surface area contributed by atoms with E-state index < -0.39 is 12.0 Å². The van der Waals surface area contributed by atoms with Gasteiger partial charge in [0.15, 0.2) is 0 Å². The average molecular weight is 73.1 g/mol. The number of carbonyl (C=O) groups is 1. The van der Waals surface area contributed by atoms with E-state index in [1.54, 1.807) is 0 Å². The zero-order valence-electron chi connectivity index (χ0n) is 4.56. The van der Waals surface area contributed by atoms with E-state index in [1.165, 1.54) is 0 Å². The summed E-state index contributed by atoms with van der Waals surface area (Å²) in [5, 5.41) is 0. The van der Waals surface area contributed by atoms with Crippen LogP contribution in [0.15, 0.2) is 12.6 Å². The first-order valence-electron chi connectivity index (χ1n) is 2.11. The molecule has 0 aliphatic heterocycles. The first-order valence-corrected chi connectivity index (χ1v) is 1.03. The van der Waals surface area contributed by atoms with E-state index in [-0.39, 0.29) is 0 Å². The maximum Gasteiger partial charge on any atom is 0.240 e. The Morgan fingerprint density at radius 1 is 2.60 bits per heavy atom. The standard InChI is InChI=1S/C3H5NO/c1-2-3(4)5/h2H,1H2,(H2,4,5)/i1D,2D/b2-1-. The van der Waals surface area contributed by atoms with E-state index in [0.29, 0.717) is 6.55 Å². The largest absolute Gasteiger partial charge is 0.366 e. The number of hydrogen-bond acceptors (Lipinski definition) is 1. The van der Waals surface area contributed by atoms with Crippen molar-refractivity contribution in [3.05, 3.63) is 12.6 Å². The van der Waals surface area contributed by atoms with Crippen LogP contribution in [0.4, 0.5) is 0 Å². The van der Waals surface area contributed by atoms with E-state index in [2.05, 4.69) is 5.73 Å². The van der Waals surface area contributed by atoms with Crippen molar-refractivity contribution in [1.29, 1.82) is 0 Å². The molecule has 0 aromatic carbocycles. The van der Waals surface area contributed by atoms with Crippen LogP contribution in [0, 0.1) is 0 Å². The van der Waals surface area contributed by atoms with Crippen molar-refractivity contribution in [3.63, 3.8) is 0 Å². The number of rotatable bonds is 1. The summed E-state index contributed by atoms with van der Waals surface area (Å²) in [7, 11) is 0. The predicted octanol–water partition coefficient (Wildman–Crippen LogP) is -0.342. The van der Waals surface area contributed by atoms with Gasteiger partial charge in [0.2, 0.25) is 5.91 Å². The van der Waals surface area contributed by atoms with Crippen LogP contribution in [0.5, 0.6) is 0 Å². The van der Waals surface area contributed by atoms with Crippen LogP contribution in [0.25, 0.3) is 0 Å². The summed E-state index contributed by atoms with van der Waals surface area (Å²) < 4.78 is 12.8. The van der Waals surface area contributed by atoms with Crippen molar-refractivity contribution in [2.75, 3.05) is 0 Å². The molecule has 0 unspecified atom stereocenters. The molecule has 0 bridgehead atoms. The molecule has 0 aliphatic rings. The molecule has 0 fully saturated rings. The lowest BCUT2D eigenvalue weighted by Gasteiger charge is -1.65. The fourth-order valence-electron chi connectivity index (χ4n) is 0. The lowest BCUT2D eigenvalue weighted by molar-refractivity contribution is -0.113. The molecule has 0 atom stereocenters. The topological polar surface area (TPSA) is 43.1 Å². The van der Waals surface area contributed by atoms with Crippen molar-refractivity contribution in [2.24, 2.45) is 5.73 Å². The fraction of sp³-hybridized carbons (Fsp3) is 0. The first kappa shape index (κ1) is 1.60. The third-order valence-corrected chi connectivity index (χ3v) is 0.142. The number of amides is 1. The van der Waals surface area contributed by atoms with Gasteiger partial charge in [0.05, 0.1) is 2.74 Å². The molecule has 0 aromatic rings. The summed E-state index contributed by atoms with van der Waals surface area (Å²) in [6, 6.07) is -0.472. The molecule has 5 heavy (non-hydrogen) atoms. The number of primary amides is 1. The minimum absolute atomic E-state index is 0.472. The predicted molar refractivity (Wildman–Crippen MR) is 19.4 cm³/mol. The molecule has 0 saturated carbocycles. The zero-order chi connectivity index (χ0) is 5.86. The van der Waals surface area contributed by atoms with Gasteiger partial charge in [-0.05, 0) is 6.05 Å². The second-order valence-electron chi connectivity index (χ2n) is 0.509. The van der Waals surface area contributed by atoms with Gasteiger partial charge in [-0.2, -0.15) is 0 Å². The molecule has 28 valence electrons. The minimum atomic E-state index is -0.866. The summed E-state index contributed by atoms with van der Waals surface area (Å²) in [5.41, 5.74) is 4.53. The first-order chi connectivity index (χ1) is 3.18. The lowest BCUT2D eigenvalue weighted by Crippen LogP contribution is -2.04. The third-order valence-electron chi connectivity index (χ3n) is 0.142. The van der Waals surface area contributed by atoms with Crippen LogP contribution in [0.2, 0.25) is 0 Å². The van der Waals surface area contributed by atoms with Crippen molar-refractivity contribution in [3.8, 4) is 0 Å². The smallest absolute Gasteiger partial charge is 0.240 e. The third kappa shape index (κ3) is 3.21. The Balaban J connectivity index is 3.82. The Morgan fingerprint density at radius 2 is 3.20 bits per heavy atom. The zero-order valence-corrected chi connectivity index (χ0v) is 2.56. The molecule has 0 spiro atoms. The molecule has 0 saturated heterocycles. The van der Waals surface area contributed by atoms with Crippen molar-refractivity contribution < 1.29 is 7.54 Å². The molecular weight excluding hydrogens is 66.0 g/mol. The molecule has 2 heteroatoms. The van der Waals surface area contributed by atoms with Crippen LogP contribution in [-0.2, 0) is 4.79 Å². The van der Waals surface area contributed by atoms with Crippen LogP contribution in [-0.4, -0.2) is 5.91 Å². The van der Waals surface area contributed by atoms with Crippen LogP contribution >= 0.6 is 0 Å². The van der Waals surface area contributed by atoms with Crippen molar-refractivity contribution in [2.45, 2.75) is 0 Å². The van der Waals surface area contributed by atoms with E-state index in [4.69, 9.17) is 2.74 Å². The number of nitrogens with two attached hydrogens (primary N) is 1. The van der Waals surface area contributed by atoms with Gasteiger partial charge < -0.3 is 5.73 Å². The Morgan fingerprint density at radius 3 is 3.20 bits per heavy atom. The Hall–Kier alpha value is -0.790. The molecule has 1 amide bonds. The summed E-state index contributed by atoms with van der Waals surface area (Å²) >= 11 is 0. The van der Waals surface area contributed by atoms with E-state index >= 15 is 0 Å². The summed E-state index contributed by atoms with van der Waals surface area (Å²) in [4.78, 5) is 9.78. The average Bonchev–Trinajstić information content (AvgIpc) is 1.65. The summed E-state index contributed by atoms with van der Waals surface area (Å²) in [6.45, 7) is 0.600. The highest BCUT2D eigenvalue weighted by Gasteiger charge is 1.69. The quantitative estimate of drug-likeness (QED) is 0.424. The molecule has 0 aliphatic carbocycles. The van der Waals surface area contributed by atoms with E-state index in [9.17, 15) is 4.79 Å². The molecule has 2 nitrogen and oxygen atoms in total. The van der Waals surface area contributed by atoms with Gasteiger partial charge in [-0.1, -0.05) is 6.55 Å². The monoisotopic (exact) mass is 73.0 g/mol. The summed E-state index contributed by atoms with van der Waals surface area (Å²) in [5.74, 6) is -0.866. The van der Waals surface area contributed by atoms with E-state index in [0.717, 1.165) is 0 Å². The Bertz CT molecular complexity index is 110. The van der Waals surface area contributed by atoms with Gasteiger partial charge in [0, 0.05) is 0 Å². The highest BCUT2D eigenvalue weighted by atomic mass is 16.1. The SMILES string of the molecule is [2H]/C=C(/[2H])C(N)=O. The maximum atomic E-state index is 9.78. The van der Waals surface area contributed by atoms with Crippen LogP contribution in [0.3, 0.4) is 0 Å². The number of hydrogen-bond donors (Lipinski definition) is 1. The molecule has 0 heterocycles. The Labute approximate surface area is 33.1 Å². The van der Waals surface area contributed by atoms with Crippen LogP contribution < -0.4 is 5.73 Å². The van der Waals surface area contributed by atoms with E-state index in [1.807, 2.05) is 0 Å². The maximum absolute atomic E-state index is 9.78. The highest BCUT2D eigenvalue weighted by molar-refractivity contribution is 5.84. The molecule has 0 radical (unpaired) electrons. The number of carbonyl (C=O) groups excluding carboxylic acids is 1. The Kier molecular flexibility index (Phi) is 0.486. The molecule has 0 aromatic heterocycles. The van der Waals surface area contributed by atoms with Crippen LogP contribution in [0.1, 0.15) is 2.74 Å². The van der Waals surface area contributed by atoms with Gasteiger partial charge >= 0.3 is 0 Å². The lowest BCUT2D eigenvalue weighted by atomic mass is 10.6. The van der Waals surface area contributed by atoms with Gasteiger partial charge in [0.1, 0.15) is 0 Å². The minimum Gasteiger partial charge on any atom is -0.366 e. The van der Waals surface area contributed by atoms with Crippen molar-refractivity contribution in [1.82, 2.24) is 0 Å². The van der Waals surface area contributed by atoms with Gasteiger partial charge in [-0.3, -0.25) is 4.79 Å². The van der Waals surface area contributed by atoms with Crippen molar-refractivity contribution >= 4 is 5.91 Å². The second-order valence-corrected chi connectivity index (χ2v) is 0.509. The molecule has 0 rings (SSSR count).